The summed E-state index contributed by atoms with van der Waals surface area (Å²) in [6.07, 6.45) is 0.788. The number of hydrogen-bond acceptors (Lipinski definition) is 4. The van der Waals surface area contributed by atoms with Gasteiger partial charge in [-0.25, -0.2) is 4.99 Å². The van der Waals surface area contributed by atoms with Crippen molar-refractivity contribution in [2.45, 2.75) is 25.6 Å². The maximum absolute atomic E-state index is 12.8. The van der Waals surface area contributed by atoms with E-state index in [1.807, 2.05) is 35.2 Å². The van der Waals surface area contributed by atoms with Crippen LogP contribution in [-0.4, -0.2) is 63.1 Å². The Morgan fingerprint density at radius 1 is 1.18 bits per heavy atom. The second-order valence-electron chi connectivity index (χ2n) is 7.71. The van der Waals surface area contributed by atoms with E-state index in [0.717, 1.165) is 12.0 Å². The van der Waals surface area contributed by atoms with Gasteiger partial charge in [0.1, 0.15) is 5.75 Å². The van der Waals surface area contributed by atoms with Gasteiger partial charge < -0.3 is 25.2 Å². The molecule has 0 bridgehead atoms. The van der Waals surface area contributed by atoms with Gasteiger partial charge in [0.25, 0.3) is 0 Å². The summed E-state index contributed by atoms with van der Waals surface area (Å²) >= 11 is 0. The molecule has 0 aliphatic carbocycles. The zero-order valence-electron chi connectivity index (χ0n) is 18.7. The fourth-order valence-electron chi connectivity index (χ4n) is 3.43. The average Bonchev–Trinajstić information content (AvgIpc) is 3.24. The first-order chi connectivity index (χ1) is 15.4. The molecule has 2 N–H and O–H groups in total. The maximum Gasteiger partial charge on any atom is 0.387 e. The van der Waals surface area contributed by atoms with Crippen LogP contribution in [0, 0.1) is 0 Å². The van der Waals surface area contributed by atoms with Crippen molar-refractivity contribution in [3.8, 4) is 5.75 Å². The SMILES string of the molecule is CN(C)C(=O)CNC(=NCc1ccccc1)NC1CCN(c2ccccc2OC(F)F)C1.I. The summed E-state index contributed by atoms with van der Waals surface area (Å²) in [6, 6.07) is 16.7. The van der Waals surface area contributed by atoms with Crippen molar-refractivity contribution >= 4 is 41.5 Å². The van der Waals surface area contributed by atoms with Gasteiger partial charge in [-0.15, -0.1) is 24.0 Å². The number of amides is 1. The molecule has 0 aromatic heterocycles. The molecule has 1 heterocycles. The number of anilines is 1. The van der Waals surface area contributed by atoms with Gasteiger partial charge in [-0.2, -0.15) is 8.78 Å². The average molecular weight is 573 g/mol. The van der Waals surface area contributed by atoms with Gasteiger partial charge in [0.15, 0.2) is 5.96 Å². The predicted molar refractivity (Wildman–Crippen MR) is 137 cm³/mol. The summed E-state index contributed by atoms with van der Waals surface area (Å²) in [6.45, 7) is -1.01. The molecule has 2 aromatic rings. The fraction of sp³-hybridized carbons (Fsp3) is 0.391. The normalized spacial score (nSPS) is 15.7. The van der Waals surface area contributed by atoms with Crippen LogP contribution in [0.5, 0.6) is 5.75 Å². The van der Waals surface area contributed by atoms with Crippen LogP contribution in [0.2, 0.25) is 0 Å². The Kier molecular flexibility index (Phi) is 10.6. The van der Waals surface area contributed by atoms with E-state index in [9.17, 15) is 13.6 Å². The lowest BCUT2D eigenvalue weighted by Crippen LogP contribution is -2.47. The summed E-state index contributed by atoms with van der Waals surface area (Å²) in [5.74, 6) is 0.633. The third-order valence-corrected chi connectivity index (χ3v) is 5.12. The van der Waals surface area contributed by atoms with Crippen molar-refractivity contribution in [1.29, 1.82) is 0 Å². The number of ether oxygens (including phenoxy) is 1. The van der Waals surface area contributed by atoms with Crippen LogP contribution >= 0.6 is 24.0 Å². The Morgan fingerprint density at radius 2 is 1.88 bits per heavy atom. The fourth-order valence-corrected chi connectivity index (χ4v) is 3.43. The van der Waals surface area contributed by atoms with Gasteiger partial charge in [0, 0.05) is 33.2 Å². The number of halogens is 3. The van der Waals surface area contributed by atoms with Gasteiger partial charge >= 0.3 is 6.61 Å². The standard InChI is InChI=1S/C23H29F2N5O2.HI/c1-29(2)21(31)15-27-23(26-14-17-8-4-3-5-9-17)28-18-12-13-30(16-18)19-10-6-7-11-20(19)32-22(24)25;/h3-11,18,22H,12-16H2,1-2H3,(H2,26,27,28);1H. The molecule has 10 heteroatoms. The first kappa shape index (κ1) is 26.6. The quantitative estimate of drug-likeness (QED) is 0.288. The molecule has 0 radical (unpaired) electrons. The summed E-state index contributed by atoms with van der Waals surface area (Å²) in [4.78, 5) is 20.2. The number of aliphatic imine (C=N–C) groups is 1. The first-order valence-corrected chi connectivity index (χ1v) is 10.5. The number of benzene rings is 2. The van der Waals surface area contributed by atoms with Gasteiger partial charge in [0.05, 0.1) is 18.8 Å². The van der Waals surface area contributed by atoms with Gasteiger partial charge in [-0.05, 0) is 24.1 Å². The lowest BCUT2D eigenvalue weighted by atomic mass is 10.2. The van der Waals surface area contributed by atoms with E-state index in [2.05, 4.69) is 20.4 Å². The summed E-state index contributed by atoms with van der Waals surface area (Å²) < 4.78 is 30.2. The Hall–Kier alpha value is -2.63. The van der Waals surface area contributed by atoms with Crippen molar-refractivity contribution in [3.63, 3.8) is 0 Å². The number of nitrogens with one attached hydrogen (secondary N) is 2. The highest BCUT2D eigenvalue weighted by molar-refractivity contribution is 14.0. The molecular formula is C23H30F2IN5O2. The van der Waals surface area contributed by atoms with Crippen molar-refractivity contribution in [2.24, 2.45) is 4.99 Å². The maximum atomic E-state index is 12.8. The number of para-hydroxylation sites is 2. The number of carbonyl (C=O) groups is 1. The minimum absolute atomic E-state index is 0. The predicted octanol–water partition coefficient (Wildman–Crippen LogP) is 3.31. The van der Waals surface area contributed by atoms with Crippen LogP contribution < -0.4 is 20.3 Å². The summed E-state index contributed by atoms with van der Waals surface area (Å²) in [5, 5.41) is 6.47. The van der Waals surface area contributed by atoms with Crippen LogP contribution in [0.3, 0.4) is 0 Å². The molecule has 1 amide bonds. The number of alkyl halides is 2. The number of likely N-dealkylation sites (N-methyl/N-ethyl adjacent to an activating group) is 1. The van der Waals surface area contributed by atoms with Crippen LogP contribution in [0.15, 0.2) is 59.6 Å². The van der Waals surface area contributed by atoms with Gasteiger partial charge in [-0.1, -0.05) is 42.5 Å². The van der Waals surface area contributed by atoms with Crippen molar-refractivity contribution < 1.29 is 18.3 Å². The molecule has 1 aliphatic rings. The Balaban J connectivity index is 0.00000385. The van der Waals surface area contributed by atoms with E-state index in [4.69, 9.17) is 0 Å². The number of hydrogen-bond donors (Lipinski definition) is 2. The lowest BCUT2D eigenvalue weighted by Gasteiger charge is -2.23. The van der Waals surface area contributed by atoms with E-state index < -0.39 is 6.61 Å². The van der Waals surface area contributed by atoms with Crippen molar-refractivity contribution in [2.75, 3.05) is 38.6 Å². The van der Waals surface area contributed by atoms with E-state index in [1.165, 1.54) is 4.90 Å². The summed E-state index contributed by atoms with van der Waals surface area (Å²) in [5.41, 5.74) is 1.69. The van der Waals surface area contributed by atoms with Crippen LogP contribution in [0.25, 0.3) is 0 Å². The molecule has 0 spiro atoms. The Morgan fingerprint density at radius 3 is 2.58 bits per heavy atom. The molecule has 0 saturated carbocycles. The third-order valence-electron chi connectivity index (χ3n) is 5.12. The molecule has 180 valence electrons. The van der Waals surface area contributed by atoms with E-state index in [0.29, 0.717) is 31.3 Å². The molecule has 1 fully saturated rings. The first-order valence-electron chi connectivity index (χ1n) is 10.5. The third kappa shape index (κ3) is 8.34. The minimum Gasteiger partial charge on any atom is -0.433 e. The van der Waals surface area contributed by atoms with Gasteiger partial charge in [-0.3, -0.25) is 4.79 Å². The molecule has 3 rings (SSSR count). The molecular weight excluding hydrogens is 543 g/mol. The molecule has 2 aromatic carbocycles. The second kappa shape index (κ2) is 13.2. The number of nitrogens with zero attached hydrogens (tertiary/aromatic N) is 3. The molecule has 1 atom stereocenters. The highest BCUT2D eigenvalue weighted by Gasteiger charge is 2.26. The second-order valence-corrected chi connectivity index (χ2v) is 7.71. The van der Waals surface area contributed by atoms with E-state index >= 15 is 0 Å². The minimum atomic E-state index is -2.87. The molecule has 7 nitrogen and oxygen atoms in total. The number of carbonyl (C=O) groups excluding carboxylic acids is 1. The summed E-state index contributed by atoms with van der Waals surface area (Å²) in [7, 11) is 3.40. The smallest absolute Gasteiger partial charge is 0.387 e. The highest BCUT2D eigenvalue weighted by Crippen LogP contribution is 2.31. The molecule has 33 heavy (non-hydrogen) atoms. The van der Waals surface area contributed by atoms with E-state index in [-0.39, 0.29) is 48.2 Å². The van der Waals surface area contributed by atoms with Gasteiger partial charge in [0.2, 0.25) is 5.91 Å². The van der Waals surface area contributed by atoms with Crippen LogP contribution in [-0.2, 0) is 11.3 Å². The Labute approximate surface area is 210 Å². The molecule has 1 aliphatic heterocycles. The van der Waals surface area contributed by atoms with Crippen LogP contribution in [0.4, 0.5) is 14.5 Å². The van der Waals surface area contributed by atoms with Crippen molar-refractivity contribution in [3.05, 3.63) is 60.2 Å². The van der Waals surface area contributed by atoms with Crippen LogP contribution in [0.1, 0.15) is 12.0 Å². The highest BCUT2D eigenvalue weighted by atomic mass is 127. The number of rotatable bonds is 8. The zero-order chi connectivity index (χ0) is 22.9. The lowest BCUT2D eigenvalue weighted by molar-refractivity contribution is -0.127. The largest absolute Gasteiger partial charge is 0.433 e. The molecule has 1 unspecified atom stereocenters. The monoisotopic (exact) mass is 573 g/mol. The van der Waals surface area contributed by atoms with E-state index in [1.54, 1.807) is 38.4 Å². The number of guanidine groups is 1. The molecule has 1 saturated heterocycles. The van der Waals surface area contributed by atoms with Crippen molar-refractivity contribution in [1.82, 2.24) is 15.5 Å². The topological polar surface area (TPSA) is 69.2 Å². The zero-order valence-corrected chi connectivity index (χ0v) is 21.0. The Bertz CT molecular complexity index is 915.